The van der Waals surface area contributed by atoms with Crippen LogP contribution in [-0.2, 0) is 24.3 Å². The van der Waals surface area contributed by atoms with Crippen molar-refractivity contribution in [1.82, 2.24) is 4.31 Å². The molecule has 1 aliphatic rings. The molecule has 0 saturated carbocycles. The highest BCUT2D eigenvalue weighted by atomic mass is 32.2. The zero-order valence-electron chi connectivity index (χ0n) is 16.4. The highest BCUT2D eigenvalue weighted by molar-refractivity contribution is 7.89. The van der Waals surface area contributed by atoms with Crippen LogP contribution in [0, 0.1) is 6.92 Å². The monoisotopic (exact) mass is 418 g/mol. The summed E-state index contributed by atoms with van der Waals surface area (Å²) in [6, 6.07) is 13.2. The minimum atomic E-state index is -3.84. The molecule has 3 rings (SSSR count). The van der Waals surface area contributed by atoms with Crippen LogP contribution < -0.4 is 9.64 Å². The Morgan fingerprint density at radius 3 is 2.48 bits per heavy atom. The second kappa shape index (κ2) is 8.22. The van der Waals surface area contributed by atoms with Crippen molar-refractivity contribution in [3.05, 3.63) is 54.1 Å². The number of benzene rings is 2. The molecule has 0 N–H and O–H groups in total. The molecule has 1 amide bonds. The van der Waals surface area contributed by atoms with E-state index in [0.717, 1.165) is 9.87 Å². The molecule has 1 atom stereocenters. The minimum absolute atomic E-state index is 0.0685. The Hall–Kier alpha value is -2.91. The molecule has 0 aliphatic carbocycles. The zero-order chi connectivity index (χ0) is 21.2. The van der Waals surface area contributed by atoms with Crippen molar-refractivity contribution in [3.63, 3.8) is 0 Å². The molecule has 0 bridgehead atoms. The summed E-state index contributed by atoms with van der Waals surface area (Å²) < 4.78 is 36.9. The number of para-hydroxylation sites is 2. The molecule has 0 fully saturated rings. The molecule has 2 aromatic rings. The molecule has 1 aliphatic heterocycles. The molecule has 29 heavy (non-hydrogen) atoms. The Labute approximate surface area is 169 Å². The molecule has 154 valence electrons. The first kappa shape index (κ1) is 20.8. The Kier molecular flexibility index (Phi) is 5.90. The van der Waals surface area contributed by atoms with Crippen molar-refractivity contribution in [2.45, 2.75) is 17.9 Å². The standard InChI is InChI=1S/C20H22N2O6S/c1-14-8-10-15(11-9-14)29(25,26)21(2)13-19(23)22-12-18(20(24)27-3)28-17-7-5-4-6-16(17)22/h4-11,18H,12-13H2,1-3H3. The van der Waals surface area contributed by atoms with Crippen molar-refractivity contribution in [2.24, 2.45) is 0 Å². The van der Waals surface area contributed by atoms with E-state index >= 15 is 0 Å². The minimum Gasteiger partial charge on any atom is -0.475 e. The number of hydrogen-bond donors (Lipinski definition) is 0. The molecule has 8 nitrogen and oxygen atoms in total. The van der Waals surface area contributed by atoms with Crippen LogP contribution in [0.25, 0.3) is 0 Å². The number of esters is 1. The quantitative estimate of drug-likeness (QED) is 0.685. The van der Waals surface area contributed by atoms with E-state index in [1.807, 2.05) is 6.92 Å². The maximum absolute atomic E-state index is 13.0. The van der Waals surface area contributed by atoms with Gasteiger partial charge >= 0.3 is 5.97 Å². The fourth-order valence-corrected chi connectivity index (χ4v) is 4.10. The number of amides is 1. The van der Waals surface area contributed by atoms with Crippen molar-refractivity contribution in [1.29, 1.82) is 0 Å². The number of aryl methyl sites for hydroxylation is 1. The number of carbonyl (C=O) groups is 2. The Balaban J connectivity index is 1.83. The zero-order valence-corrected chi connectivity index (χ0v) is 17.2. The lowest BCUT2D eigenvalue weighted by Crippen LogP contribution is -2.50. The number of anilines is 1. The summed E-state index contributed by atoms with van der Waals surface area (Å²) in [5, 5.41) is 0. The van der Waals surface area contributed by atoms with Crippen molar-refractivity contribution in [3.8, 4) is 5.75 Å². The smallest absolute Gasteiger partial charge is 0.348 e. The van der Waals surface area contributed by atoms with Gasteiger partial charge in [-0.3, -0.25) is 4.79 Å². The van der Waals surface area contributed by atoms with Gasteiger partial charge in [0.25, 0.3) is 0 Å². The van der Waals surface area contributed by atoms with Gasteiger partial charge in [-0.1, -0.05) is 29.8 Å². The summed E-state index contributed by atoms with van der Waals surface area (Å²) >= 11 is 0. The number of carbonyl (C=O) groups excluding carboxylic acids is 2. The average molecular weight is 418 g/mol. The topological polar surface area (TPSA) is 93.2 Å². The van der Waals surface area contributed by atoms with Gasteiger partial charge in [0.05, 0.1) is 30.8 Å². The van der Waals surface area contributed by atoms with Gasteiger partial charge in [0, 0.05) is 7.05 Å². The third-order valence-corrected chi connectivity index (χ3v) is 6.44. The van der Waals surface area contributed by atoms with Gasteiger partial charge in [-0.25, -0.2) is 13.2 Å². The van der Waals surface area contributed by atoms with Gasteiger partial charge in [-0.15, -0.1) is 0 Å². The second-order valence-corrected chi connectivity index (χ2v) is 8.72. The van der Waals surface area contributed by atoms with Gasteiger partial charge in [0.2, 0.25) is 22.0 Å². The summed E-state index contributed by atoms with van der Waals surface area (Å²) in [6.45, 7) is 1.40. The van der Waals surface area contributed by atoms with E-state index in [-0.39, 0.29) is 11.4 Å². The number of rotatable bonds is 5. The maximum atomic E-state index is 13.0. The fraction of sp³-hybridized carbons (Fsp3) is 0.300. The van der Waals surface area contributed by atoms with Crippen LogP contribution in [0.5, 0.6) is 5.75 Å². The van der Waals surface area contributed by atoms with E-state index in [9.17, 15) is 18.0 Å². The summed E-state index contributed by atoms with van der Waals surface area (Å²) in [5.74, 6) is -0.739. The third kappa shape index (κ3) is 4.25. The number of likely N-dealkylation sites (N-methyl/N-ethyl adjacent to an activating group) is 1. The largest absolute Gasteiger partial charge is 0.475 e. The van der Waals surface area contributed by atoms with Crippen molar-refractivity contribution in [2.75, 3.05) is 32.1 Å². The number of ether oxygens (including phenoxy) is 2. The van der Waals surface area contributed by atoms with Crippen LogP contribution in [-0.4, -0.2) is 58.0 Å². The highest BCUT2D eigenvalue weighted by Crippen LogP contribution is 2.33. The normalized spacial score (nSPS) is 16.1. The van der Waals surface area contributed by atoms with Crippen LogP contribution in [0.4, 0.5) is 5.69 Å². The van der Waals surface area contributed by atoms with Crippen LogP contribution in [0.15, 0.2) is 53.4 Å². The summed E-state index contributed by atoms with van der Waals surface area (Å²) in [7, 11) is -1.26. The number of sulfonamides is 1. The second-order valence-electron chi connectivity index (χ2n) is 6.68. The number of fused-ring (bicyclic) bond motifs is 1. The van der Waals surface area contributed by atoms with Crippen LogP contribution in [0.3, 0.4) is 0 Å². The molecule has 1 unspecified atom stereocenters. The first-order valence-electron chi connectivity index (χ1n) is 8.91. The molecule has 2 aromatic carbocycles. The molecule has 0 aromatic heterocycles. The molecule has 1 heterocycles. The lowest BCUT2D eigenvalue weighted by Gasteiger charge is -2.34. The van der Waals surface area contributed by atoms with Crippen LogP contribution in [0.1, 0.15) is 5.56 Å². The van der Waals surface area contributed by atoms with E-state index in [0.29, 0.717) is 11.4 Å². The van der Waals surface area contributed by atoms with E-state index in [2.05, 4.69) is 0 Å². The summed E-state index contributed by atoms with van der Waals surface area (Å²) in [6.07, 6.45) is -0.988. The molecular formula is C20H22N2O6S. The van der Waals surface area contributed by atoms with Gasteiger partial charge < -0.3 is 14.4 Å². The van der Waals surface area contributed by atoms with Crippen LogP contribution >= 0.6 is 0 Å². The number of methoxy groups -OCH3 is 1. The highest BCUT2D eigenvalue weighted by Gasteiger charge is 2.35. The van der Waals surface area contributed by atoms with E-state index in [1.54, 1.807) is 36.4 Å². The Morgan fingerprint density at radius 1 is 1.17 bits per heavy atom. The number of nitrogens with zero attached hydrogens (tertiary/aromatic N) is 2. The Bertz CT molecular complexity index is 1020. The van der Waals surface area contributed by atoms with E-state index in [4.69, 9.17) is 9.47 Å². The molecular weight excluding hydrogens is 396 g/mol. The van der Waals surface area contributed by atoms with Gasteiger partial charge in [0.1, 0.15) is 5.75 Å². The van der Waals surface area contributed by atoms with Crippen LogP contribution in [0.2, 0.25) is 0 Å². The predicted octanol–water partition coefficient (Wildman–Crippen LogP) is 1.58. The molecule has 0 radical (unpaired) electrons. The van der Waals surface area contributed by atoms with Crippen molar-refractivity contribution < 1.29 is 27.5 Å². The summed E-state index contributed by atoms with van der Waals surface area (Å²) in [5.41, 5.74) is 1.40. The third-order valence-electron chi connectivity index (χ3n) is 4.63. The molecule has 9 heteroatoms. The van der Waals surface area contributed by atoms with Gasteiger partial charge in [-0.05, 0) is 31.2 Å². The van der Waals surface area contributed by atoms with Gasteiger partial charge in [-0.2, -0.15) is 4.31 Å². The van der Waals surface area contributed by atoms with Crippen molar-refractivity contribution >= 4 is 27.6 Å². The summed E-state index contributed by atoms with van der Waals surface area (Å²) in [4.78, 5) is 26.4. The maximum Gasteiger partial charge on any atom is 0.348 e. The average Bonchev–Trinajstić information content (AvgIpc) is 2.72. The van der Waals surface area contributed by atoms with E-state index < -0.39 is 34.5 Å². The first-order chi connectivity index (χ1) is 13.7. The number of hydrogen-bond acceptors (Lipinski definition) is 6. The molecule has 0 spiro atoms. The SMILES string of the molecule is COC(=O)C1CN(C(=O)CN(C)S(=O)(=O)c2ccc(C)cc2)c2ccccc2O1. The van der Waals surface area contributed by atoms with Gasteiger partial charge in [0.15, 0.2) is 0 Å². The lowest BCUT2D eigenvalue weighted by atomic mass is 10.2. The fourth-order valence-electron chi connectivity index (χ4n) is 2.98. The lowest BCUT2D eigenvalue weighted by molar-refractivity contribution is -0.148. The predicted molar refractivity (Wildman–Crippen MR) is 106 cm³/mol. The van der Waals surface area contributed by atoms with E-state index in [1.165, 1.54) is 31.2 Å². The first-order valence-corrected chi connectivity index (χ1v) is 10.3. The Morgan fingerprint density at radius 2 is 1.83 bits per heavy atom. The molecule has 0 saturated heterocycles.